The fourth-order valence-electron chi connectivity index (χ4n) is 2.94. The summed E-state index contributed by atoms with van der Waals surface area (Å²) in [4.78, 5) is 12.4. The number of thioether (sulfide) groups is 1. The quantitative estimate of drug-likeness (QED) is 0.199. The van der Waals surface area contributed by atoms with Crippen molar-refractivity contribution in [2.24, 2.45) is 0 Å². The van der Waals surface area contributed by atoms with Crippen molar-refractivity contribution in [2.45, 2.75) is 30.9 Å². The van der Waals surface area contributed by atoms with E-state index in [4.69, 9.17) is 16.3 Å². The van der Waals surface area contributed by atoms with Crippen LogP contribution < -0.4 is 10.1 Å². The van der Waals surface area contributed by atoms with E-state index >= 15 is 0 Å². The van der Waals surface area contributed by atoms with Crippen LogP contribution in [0, 0.1) is 11.6 Å². The summed E-state index contributed by atoms with van der Waals surface area (Å²) in [5.74, 6) is -2.37. The number of carbonyl (C=O) groups is 1. The van der Waals surface area contributed by atoms with E-state index in [0.717, 1.165) is 42.1 Å². The minimum Gasteiger partial charge on any atom is -0.480 e. The highest BCUT2D eigenvalue weighted by Crippen LogP contribution is 2.34. The summed E-state index contributed by atoms with van der Waals surface area (Å²) in [6.07, 6.45) is -3.84. The van der Waals surface area contributed by atoms with Gasteiger partial charge in [-0.25, -0.2) is 8.78 Å². The van der Waals surface area contributed by atoms with Crippen LogP contribution in [0.1, 0.15) is 24.4 Å². The highest BCUT2D eigenvalue weighted by atomic mass is 35.5. The van der Waals surface area contributed by atoms with Crippen molar-refractivity contribution in [3.63, 3.8) is 0 Å². The average molecular weight is 533 g/mol. The highest BCUT2D eigenvalue weighted by molar-refractivity contribution is 7.99. The normalized spacial score (nSPS) is 12.3. The molecule has 0 aliphatic heterocycles. The van der Waals surface area contributed by atoms with E-state index in [0.29, 0.717) is 11.2 Å². The smallest absolute Gasteiger partial charge is 0.416 e. The maximum atomic E-state index is 13.9. The summed E-state index contributed by atoms with van der Waals surface area (Å²) in [5, 5.41) is 10.6. The van der Waals surface area contributed by atoms with Crippen molar-refractivity contribution in [1.29, 1.82) is 0 Å². The van der Waals surface area contributed by atoms with Crippen LogP contribution in [0.4, 0.5) is 27.6 Å². The minimum atomic E-state index is -4.59. The van der Waals surface area contributed by atoms with Gasteiger partial charge in [0.2, 0.25) is 5.91 Å². The molecule has 1 amide bonds. The summed E-state index contributed by atoms with van der Waals surface area (Å²) >= 11 is 6.88. The Bertz CT molecular complexity index is 1240. The van der Waals surface area contributed by atoms with Crippen LogP contribution in [0.3, 0.4) is 0 Å². The van der Waals surface area contributed by atoms with E-state index in [9.17, 15) is 26.7 Å². The second-order valence-electron chi connectivity index (χ2n) is 7.10. The third-order valence-corrected chi connectivity index (χ3v) is 5.81. The van der Waals surface area contributed by atoms with Crippen LogP contribution in [0.25, 0.3) is 0 Å². The van der Waals surface area contributed by atoms with Gasteiger partial charge in [0.05, 0.1) is 22.0 Å². The Morgan fingerprint density at radius 1 is 1.26 bits per heavy atom. The zero-order chi connectivity index (χ0) is 25.8. The molecule has 35 heavy (non-hydrogen) atoms. The van der Waals surface area contributed by atoms with Crippen LogP contribution in [-0.4, -0.2) is 26.4 Å². The third kappa shape index (κ3) is 6.73. The molecule has 0 aliphatic carbocycles. The van der Waals surface area contributed by atoms with Crippen molar-refractivity contribution >= 4 is 35.0 Å². The molecule has 3 rings (SSSR count). The Balaban J connectivity index is 1.71. The van der Waals surface area contributed by atoms with Gasteiger partial charge in [0.1, 0.15) is 5.82 Å². The number of alkyl halides is 3. The molecule has 1 aromatic heterocycles. The predicted octanol–water partition coefficient (Wildman–Crippen LogP) is 6.29. The summed E-state index contributed by atoms with van der Waals surface area (Å²) in [7, 11) is 0. The molecule has 1 N–H and O–H groups in total. The number of allylic oxidation sites excluding steroid dienone is 1. The number of carbonyl (C=O) groups excluding carboxylic acids is 1. The highest BCUT2D eigenvalue weighted by Gasteiger charge is 2.31. The molecule has 6 nitrogen and oxygen atoms in total. The summed E-state index contributed by atoms with van der Waals surface area (Å²) < 4.78 is 73.0. The van der Waals surface area contributed by atoms with Gasteiger partial charge in [-0.2, -0.15) is 13.2 Å². The van der Waals surface area contributed by atoms with Crippen molar-refractivity contribution in [3.8, 4) is 5.75 Å². The van der Waals surface area contributed by atoms with Crippen LogP contribution in [-0.2, 0) is 17.5 Å². The first-order valence-corrected chi connectivity index (χ1v) is 11.3. The predicted molar refractivity (Wildman–Crippen MR) is 121 cm³/mol. The van der Waals surface area contributed by atoms with E-state index in [1.165, 1.54) is 0 Å². The van der Waals surface area contributed by atoms with Crippen molar-refractivity contribution < 1.29 is 31.5 Å². The molecule has 13 heteroatoms. The van der Waals surface area contributed by atoms with Gasteiger partial charge in [-0.15, -0.1) is 16.8 Å². The Morgan fingerprint density at radius 3 is 2.66 bits per heavy atom. The number of nitrogens with zero attached hydrogens (tertiary/aromatic N) is 3. The second kappa shape index (κ2) is 11.1. The molecule has 0 aliphatic rings. The fourth-order valence-corrected chi connectivity index (χ4v) is 3.86. The van der Waals surface area contributed by atoms with Crippen molar-refractivity contribution in [2.75, 3.05) is 11.1 Å². The monoisotopic (exact) mass is 532 g/mol. The lowest BCUT2D eigenvalue weighted by Gasteiger charge is -2.16. The molecule has 186 valence electrons. The molecule has 0 saturated heterocycles. The number of anilines is 1. The molecular formula is C22H18ClF5N4O2S. The molecule has 0 radical (unpaired) electrons. The number of aromatic nitrogens is 3. The Kier molecular flexibility index (Phi) is 8.39. The SMILES string of the molecule is C=CCn1c(SCC(=O)Nc2cc(C(F)(F)F)ccc2Cl)nnc1C(C)Oc1ccc(F)cc1F. The first kappa shape index (κ1) is 26.5. The number of hydrogen-bond donors (Lipinski definition) is 1. The van der Waals surface area contributed by atoms with Gasteiger partial charge in [-0.05, 0) is 37.3 Å². The van der Waals surface area contributed by atoms with Gasteiger partial charge in [0.15, 0.2) is 28.7 Å². The number of hydrogen-bond acceptors (Lipinski definition) is 5. The van der Waals surface area contributed by atoms with E-state index in [2.05, 4.69) is 22.1 Å². The van der Waals surface area contributed by atoms with Gasteiger partial charge in [-0.3, -0.25) is 9.36 Å². The average Bonchev–Trinajstić information content (AvgIpc) is 3.18. The summed E-state index contributed by atoms with van der Waals surface area (Å²) in [6.45, 7) is 5.47. The number of nitrogens with one attached hydrogen (secondary N) is 1. The van der Waals surface area contributed by atoms with Gasteiger partial charge < -0.3 is 10.1 Å². The zero-order valence-corrected chi connectivity index (χ0v) is 19.6. The van der Waals surface area contributed by atoms with Gasteiger partial charge >= 0.3 is 6.18 Å². The van der Waals surface area contributed by atoms with Gasteiger partial charge in [-0.1, -0.05) is 29.4 Å². The van der Waals surface area contributed by atoms with E-state index < -0.39 is 35.4 Å². The Labute approximate surface area is 206 Å². The van der Waals surface area contributed by atoms with Crippen molar-refractivity contribution in [1.82, 2.24) is 14.8 Å². The molecular weight excluding hydrogens is 515 g/mol. The maximum Gasteiger partial charge on any atom is 0.416 e. The summed E-state index contributed by atoms with van der Waals surface area (Å²) in [5.41, 5.74) is -1.13. The van der Waals surface area contributed by atoms with Gasteiger partial charge in [0, 0.05) is 12.6 Å². The largest absolute Gasteiger partial charge is 0.480 e. The lowest BCUT2D eigenvalue weighted by atomic mass is 10.2. The standard InChI is InChI=1S/C22H18ClF5N4O2S/c1-3-8-32-20(12(2)34-18-7-5-14(24)10-16(18)25)30-31-21(32)35-11-19(33)29-17-9-13(22(26,27)28)4-6-15(17)23/h3-7,9-10,12H,1,8,11H2,2H3,(H,29,33). The van der Waals surface area contributed by atoms with Crippen molar-refractivity contribution in [3.05, 3.63) is 77.1 Å². The number of rotatable bonds is 9. The number of benzene rings is 2. The van der Waals surface area contributed by atoms with Crippen LogP contribution in [0.15, 0.2) is 54.2 Å². The second-order valence-corrected chi connectivity index (χ2v) is 8.45. The van der Waals surface area contributed by atoms with E-state index in [1.807, 2.05) is 0 Å². The molecule has 1 atom stereocenters. The van der Waals surface area contributed by atoms with Crippen LogP contribution in [0.5, 0.6) is 5.75 Å². The lowest BCUT2D eigenvalue weighted by molar-refractivity contribution is -0.137. The van der Waals surface area contributed by atoms with E-state index in [-0.39, 0.29) is 34.6 Å². The molecule has 0 saturated carbocycles. The Morgan fingerprint density at radius 2 is 2.00 bits per heavy atom. The number of halogens is 6. The first-order chi connectivity index (χ1) is 16.5. The molecule has 0 bridgehead atoms. The molecule has 3 aromatic rings. The third-order valence-electron chi connectivity index (χ3n) is 4.52. The van der Waals surface area contributed by atoms with Gasteiger partial charge in [0.25, 0.3) is 0 Å². The fraction of sp³-hybridized carbons (Fsp3) is 0.227. The Hall–Kier alpha value is -3.12. The lowest BCUT2D eigenvalue weighted by Crippen LogP contribution is -2.16. The number of amides is 1. The topological polar surface area (TPSA) is 69.0 Å². The molecule has 0 spiro atoms. The molecule has 1 unspecified atom stereocenters. The summed E-state index contributed by atoms with van der Waals surface area (Å²) in [6, 6.07) is 5.49. The number of ether oxygens (including phenoxy) is 1. The maximum absolute atomic E-state index is 13.9. The molecule has 1 heterocycles. The van der Waals surface area contributed by atoms with Crippen LogP contribution >= 0.6 is 23.4 Å². The molecule has 0 fully saturated rings. The zero-order valence-electron chi connectivity index (χ0n) is 18.1. The van der Waals surface area contributed by atoms with Crippen LogP contribution in [0.2, 0.25) is 5.02 Å². The molecule has 2 aromatic carbocycles. The van der Waals surface area contributed by atoms with E-state index in [1.54, 1.807) is 17.6 Å². The minimum absolute atomic E-state index is 0.0486. The first-order valence-electron chi connectivity index (χ1n) is 9.94.